The molecule has 0 bridgehead atoms. The summed E-state index contributed by atoms with van der Waals surface area (Å²) in [5.74, 6) is 0.392. The highest BCUT2D eigenvalue weighted by atomic mass is 35.5. The van der Waals surface area contributed by atoms with Gasteiger partial charge in [0.2, 0.25) is 5.91 Å². The monoisotopic (exact) mass is 251 g/mol. The van der Waals surface area contributed by atoms with Gasteiger partial charge in [0.05, 0.1) is 5.41 Å². The van der Waals surface area contributed by atoms with Crippen LogP contribution in [-0.4, -0.2) is 17.8 Å². The van der Waals surface area contributed by atoms with E-state index >= 15 is 0 Å². The van der Waals surface area contributed by atoms with E-state index in [1.807, 2.05) is 26.0 Å². The molecule has 0 unspecified atom stereocenters. The van der Waals surface area contributed by atoms with Crippen molar-refractivity contribution in [2.45, 2.75) is 32.7 Å². The predicted octanol–water partition coefficient (Wildman–Crippen LogP) is 2.54. The predicted molar refractivity (Wildman–Crippen MR) is 70.3 cm³/mol. The summed E-state index contributed by atoms with van der Waals surface area (Å²) in [6.07, 6.45) is 1.86. The molecular weight excluding hydrogens is 234 g/mol. The first kappa shape index (κ1) is 12.4. The van der Waals surface area contributed by atoms with Crippen LogP contribution in [-0.2, 0) is 17.6 Å². The minimum absolute atomic E-state index is 0.0466. The Morgan fingerprint density at radius 2 is 1.88 bits per heavy atom. The smallest absolute Gasteiger partial charge is 0.227 e. The first-order chi connectivity index (χ1) is 8.03. The quantitative estimate of drug-likeness (QED) is 0.822. The van der Waals surface area contributed by atoms with Gasteiger partial charge < -0.3 is 5.32 Å². The van der Waals surface area contributed by atoms with E-state index in [1.165, 1.54) is 11.1 Å². The van der Waals surface area contributed by atoms with Gasteiger partial charge in [-0.05, 0) is 37.8 Å². The Kier molecular flexibility index (Phi) is 3.43. The molecule has 0 aliphatic heterocycles. The fraction of sp³-hybridized carbons (Fsp3) is 0.500. The van der Waals surface area contributed by atoms with Gasteiger partial charge in [-0.3, -0.25) is 4.79 Å². The molecule has 0 saturated carbocycles. The minimum Gasteiger partial charge on any atom is -0.352 e. The van der Waals surface area contributed by atoms with Crippen molar-refractivity contribution in [2.75, 3.05) is 5.88 Å². The second kappa shape index (κ2) is 4.69. The fourth-order valence-electron chi connectivity index (χ4n) is 2.10. The maximum Gasteiger partial charge on any atom is 0.227 e. The van der Waals surface area contributed by atoms with E-state index < -0.39 is 5.41 Å². The Labute approximate surface area is 107 Å². The van der Waals surface area contributed by atoms with Crippen LogP contribution in [0.5, 0.6) is 0 Å². The zero-order chi connectivity index (χ0) is 12.5. The molecule has 92 valence electrons. The van der Waals surface area contributed by atoms with Crippen molar-refractivity contribution >= 4 is 17.5 Å². The summed E-state index contributed by atoms with van der Waals surface area (Å²) in [6.45, 7) is 3.74. The molecule has 1 amide bonds. The first-order valence-electron chi connectivity index (χ1n) is 5.96. The van der Waals surface area contributed by atoms with E-state index in [-0.39, 0.29) is 11.9 Å². The normalized spacial score (nSPS) is 15.7. The number of benzene rings is 1. The van der Waals surface area contributed by atoms with Crippen molar-refractivity contribution < 1.29 is 4.79 Å². The van der Waals surface area contributed by atoms with E-state index in [4.69, 9.17) is 11.6 Å². The average Bonchev–Trinajstić information content (AvgIpc) is 2.70. The van der Waals surface area contributed by atoms with Crippen LogP contribution >= 0.6 is 11.6 Å². The highest BCUT2D eigenvalue weighted by molar-refractivity contribution is 6.19. The van der Waals surface area contributed by atoms with Crippen molar-refractivity contribution in [3.63, 3.8) is 0 Å². The lowest BCUT2D eigenvalue weighted by Gasteiger charge is -2.23. The lowest BCUT2D eigenvalue weighted by atomic mass is 9.94. The molecule has 0 radical (unpaired) electrons. The van der Waals surface area contributed by atoms with Crippen LogP contribution in [0.4, 0.5) is 0 Å². The van der Waals surface area contributed by atoms with Gasteiger partial charge in [-0.1, -0.05) is 24.3 Å². The molecule has 0 atom stereocenters. The number of hydrogen-bond acceptors (Lipinski definition) is 1. The minimum atomic E-state index is -0.490. The molecule has 1 aliphatic carbocycles. The Morgan fingerprint density at radius 3 is 2.35 bits per heavy atom. The maximum absolute atomic E-state index is 12.0. The van der Waals surface area contributed by atoms with Gasteiger partial charge in [-0.25, -0.2) is 0 Å². The summed E-state index contributed by atoms with van der Waals surface area (Å²) in [4.78, 5) is 12.0. The van der Waals surface area contributed by atoms with E-state index in [2.05, 4.69) is 17.4 Å². The molecular formula is C14H18ClNO. The number of hydrogen-bond donors (Lipinski definition) is 1. The third-order valence-corrected chi connectivity index (χ3v) is 4.00. The van der Waals surface area contributed by atoms with Crippen molar-refractivity contribution in [1.82, 2.24) is 5.32 Å². The summed E-state index contributed by atoms with van der Waals surface area (Å²) >= 11 is 5.80. The molecule has 0 saturated heterocycles. The van der Waals surface area contributed by atoms with Crippen LogP contribution in [0, 0.1) is 5.41 Å². The Bertz CT molecular complexity index is 403. The third-order valence-electron chi connectivity index (χ3n) is 3.33. The lowest BCUT2D eigenvalue weighted by molar-refractivity contribution is -0.129. The van der Waals surface area contributed by atoms with Crippen molar-refractivity contribution in [3.8, 4) is 0 Å². The Hall–Kier alpha value is -1.02. The zero-order valence-corrected chi connectivity index (χ0v) is 11.1. The number of fused-ring (bicyclic) bond motifs is 1. The highest BCUT2D eigenvalue weighted by Gasteiger charge is 2.30. The first-order valence-corrected chi connectivity index (χ1v) is 6.50. The molecule has 0 heterocycles. The van der Waals surface area contributed by atoms with Gasteiger partial charge in [0.15, 0.2) is 0 Å². The SMILES string of the molecule is CC(C)(CCl)C(=O)NC1Cc2ccccc2C1. The summed E-state index contributed by atoms with van der Waals surface area (Å²) < 4.78 is 0. The van der Waals surface area contributed by atoms with E-state index in [0.717, 1.165) is 12.8 Å². The van der Waals surface area contributed by atoms with Gasteiger partial charge in [0.1, 0.15) is 0 Å². The van der Waals surface area contributed by atoms with Gasteiger partial charge >= 0.3 is 0 Å². The van der Waals surface area contributed by atoms with Crippen LogP contribution in [0.2, 0.25) is 0 Å². The van der Waals surface area contributed by atoms with E-state index in [1.54, 1.807) is 0 Å². The van der Waals surface area contributed by atoms with Gasteiger partial charge in [0.25, 0.3) is 0 Å². The molecule has 0 aromatic heterocycles. The Balaban J connectivity index is 1.99. The number of alkyl halides is 1. The largest absolute Gasteiger partial charge is 0.352 e. The third kappa shape index (κ3) is 2.63. The Morgan fingerprint density at radius 1 is 1.35 bits per heavy atom. The number of rotatable bonds is 3. The molecule has 2 nitrogen and oxygen atoms in total. The summed E-state index contributed by atoms with van der Waals surface area (Å²) in [7, 11) is 0. The molecule has 0 fully saturated rings. The van der Waals surface area contributed by atoms with Crippen LogP contribution < -0.4 is 5.32 Å². The molecule has 17 heavy (non-hydrogen) atoms. The van der Waals surface area contributed by atoms with Gasteiger partial charge in [-0.15, -0.1) is 11.6 Å². The molecule has 1 aliphatic rings. The molecule has 3 heteroatoms. The standard InChI is InChI=1S/C14H18ClNO/c1-14(2,9-15)13(17)16-12-7-10-5-3-4-6-11(10)8-12/h3-6,12H,7-9H2,1-2H3,(H,16,17). The molecule has 2 rings (SSSR count). The molecule has 1 aromatic carbocycles. The number of amides is 1. The lowest BCUT2D eigenvalue weighted by Crippen LogP contribution is -2.44. The average molecular weight is 252 g/mol. The second-order valence-electron chi connectivity index (χ2n) is 5.36. The summed E-state index contributed by atoms with van der Waals surface area (Å²) in [5.41, 5.74) is 2.21. The van der Waals surface area contributed by atoms with Crippen LogP contribution in [0.3, 0.4) is 0 Å². The van der Waals surface area contributed by atoms with Crippen LogP contribution in [0.15, 0.2) is 24.3 Å². The van der Waals surface area contributed by atoms with E-state index in [9.17, 15) is 4.79 Å². The summed E-state index contributed by atoms with van der Waals surface area (Å²) in [5, 5.41) is 3.09. The molecule has 1 N–H and O–H groups in total. The van der Waals surface area contributed by atoms with E-state index in [0.29, 0.717) is 5.88 Å². The number of nitrogens with one attached hydrogen (secondary N) is 1. The van der Waals surface area contributed by atoms with Gasteiger partial charge in [-0.2, -0.15) is 0 Å². The molecule has 0 spiro atoms. The van der Waals surface area contributed by atoms with Crippen LogP contribution in [0.1, 0.15) is 25.0 Å². The number of carbonyl (C=O) groups is 1. The van der Waals surface area contributed by atoms with Gasteiger partial charge in [0, 0.05) is 11.9 Å². The van der Waals surface area contributed by atoms with Crippen molar-refractivity contribution in [3.05, 3.63) is 35.4 Å². The highest BCUT2D eigenvalue weighted by Crippen LogP contribution is 2.23. The summed E-state index contributed by atoms with van der Waals surface area (Å²) in [6, 6.07) is 8.59. The topological polar surface area (TPSA) is 29.1 Å². The maximum atomic E-state index is 12.0. The number of halogens is 1. The zero-order valence-electron chi connectivity index (χ0n) is 10.3. The molecule has 1 aromatic rings. The number of carbonyl (C=O) groups excluding carboxylic acids is 1. The van der Waals surface area contributed by atoms with Crippen LogP contribution in [0.25, 0.3) is 0 Å². The fourth-order valence-corrected chi connectivity index (χ4v) is 2.22. The second-order valence-corrected chi connectivity index (χ2v) is 5.63. The van der Waals surface area contributed by atoms with Crippen molar-refractivity contribution in [2.24, 2.45) is 5.41 Å². The van der Waals surface area contributed by atoms with Crippen molar-refractivity contribution in [1.29, 1.82) is 0 Å².